The quantitative estimate of drug-likeness (QED) is 0.373. The Bertz CT molecular complexity index is 1030. The molecule has 7 heteroatoms. The van der Waals surface area contributed by atoms with Crippen LogP contribution in [0.15, 0.2) is 71.8 Å². The third kappa shape index (κ3) is 6.49. The average molecular weight is 439 g/mol. The number of carbonyl (C=O) groups is 1. The van der Waals surface area contributed by atoms with Gasteiger partial charge in [0.15, 0.2) is 11.5 Å². The number of nitrogens with zero attached hydrogens (tertiary/aromatic N) is 1. The predicted molar refractivity (Wildman–Crippen MR) is 121 cm³/mol. The van der Waals surface area contributed by atoms with Crippen LogP contribution < -0.4 is 19.6 Å². The van der Waals surface area contributed by atoms with Gasteiger partial charge >= 0.3 is 0 Å². The van der Waals surface area contributed by atoms with E-state index in [1.165, 1.54) is 0 Å². The van der Waals surface area contributed by atoms with Crippen molar-refractivity contribution in [2.45, 2.75) is 13.5 Å². The summed E-state index contributed by atoms with van der Waals surface area (Å²) in [6.07, 6.45) is 1.55. The molecule has 0 atom stereocenters. The molecule has 160 valence electrons. The van der Waals surface area contributed by atoms with E-state index < -0.39 is 0 Å². The van der Waals surface area contributed by atoms with Crippen molar-refractivity contribution in [2.75, 3.05) is 13.7 Å². The van der Waals surface area contributed by atoms with Crippen molar-refractivity contribution in [3.63, 3.8) is 0 Å². The standard InChI is InChI=1S/C24H23ClN2O4/c1-3-30-23-14-18(6-13-22(23)31-16-17-4-9-20(25)10-5-17)15-26-27-24(28)19-7-11-21(29-2)12-8-19/h4-15H,3,16H2,1-2H3,(H,27,28). The van der Waals surface area contributed by atoms with Gasteiger partial charge in [0, 0.05) is 10.6 Å². The molecule has 0 aliphatic heterocycles. The lowest BCUT2D eigenvalue weighted by molar-refractivity contribution is 0.0955. The molecule has 0 fully saturated rings. The third-order valence-corrected chi connectivity index (χ3v) is 4.56. The summed E-state index contributed by atoms with van der Waals surface area (Å²) in [6, 6.07) is 19.7. The first-order valence-electron chi connectivity index (χ1n) is 9.70. The van der Waals surface area contributed by atoms with Crippen LogP contribution in [0.5, 0.6) is 17.2 Å². The van der Waals surface area contributed by atoms with Crippen LogP contribution in [0.4, 0.5) is 0 Å². The molecule has 0 bridgehead atoms. The van der Waals surface area contributed by atoms with Gasteiger partial charge in [0.05, 0.1) is 19.9 Å². The molecule has 0 aromatic heterocycles. The number of amides is 1. The van der Waals surface area contributed by atoms with Gasteiger partial charge in [0.2, 0.25) is 0 Å². The number of halogens is 1. The number of hydrazone groups is 1. The van der Waals surface area contributed by atoms with Gasteiger partial charge in [-0.1, -0.05) is 23.7 Å². The van der Waals surface area contributed by atoms with Crippen LogP contribution in [0.2, 0.25) is 5.02 Å². The summed E-state index contributed by atoms with van der Waals surface area (Å²) in [5, 5.41) is 4.71. The van der Waals surface area contributed by atoms with Crippen LogP contribution >= 0.6 is 11.6 Å². The smallest absolute Gasteiger partial charge is 0.271 e. The first kappa shape index (κ1) is 22.2. The fraction of sp³-hybridized carbons (Fsp3) is 0.167. The van der Waals surface area contributed by atoms with Crippen molar-refractivity contribution in [1.29, 1.82) is 0 Å². The minimum Gasteiger partial charge on any atom is -0.497 e. The molecule has 1 N–H and O–H groups in total. The van der Waals surface area contributed by atoms with E-state index in [1.54, 1.807) is 37.6 Å². The van der Waals surface area contributed by atoms with Crippen molar-refractivity contribution in [2.24, 2.45) is 5.10 Å². The second-order valence-corrected chi connectivity index (χ2v) is 6.92. The summed E-state index contributed by atoms with van der Waals surface area (Å²) in [6.45, 7) is 2.79. The fourth-order valence-electron chi connectivity index (χ4n) is 2.71. The highest BCUT2D eigenvalue weighted by molar-refractivity contribution is 6.30. The Balaban J connectivity index is 1.63. The largest absolute Gasteiger partial charge is 0.497 e. The van der Waals surface area contributed by atoms with Crippen molar-refractivity contribution >= 4 is 23.7 Å². The maximum absolute atomic E-state index is 12.2. The molecule has 0 saturated heterocycles. The van der Waals surface area contributed by atoms with Crippen LogP contribution in [0.25, 0.3) is 0 Å². The fourth-order valence-corrected chi connectivity index (χ4v) is 2.83. The Labute approximate surface area is 186 Å². The summed E-state index contributed by atoms with van der Waals surface area (Å²) in [5.74, 6) is 1.59. The molecule has 0 radical (unpaired) electrons. The molecule has 0 saturated carbocycles. The summed E-state index contributed by atoms with van der Waals surface area (Å²) < 4.78 is 16.7. The van der Waals surface area contributed by atoms with E-state index in [2.05, 4.69) is 10.5 Å². The highest BCUT2D eigenvalue weighted by atomic mass is 35.5. The van der Waals surface area contributed by atoms with Crippen molar-refractivity contribution in [1.82, 2.24) is 5.43 Å². The summed E-state index contributed by atoms with van der Waals surface area (Å²) in [5.41, 5.74) is 4.75. The highest BCUT2D eigenvalue weighted by Crippen LogP contribution is 2.29. The number of nitrogens with one attached hydrogen (secondary N) is 1. The van der Waals surface area contributed by atoms with Gasteiger partial charge in [0.25, 0.3) is 5.91 Å². The van der Waals surface area contributed by atoms with Gasteiger partial charge in [-0.15, -0.1) is 0 Å². The van der Waals surface area contributed by atoms with Crippen LogP contribution in [0.3, 0.4) is 0 Å². The Morgan fingerprint density at radius 3 is 2.42 bits per heavy atom. The summed E-state index contributed by atoms with van der Waals surface area (Å²) in [7, 11) is 1.57. The van der Waals surface area contributed by atoms with Gasteiger partial charge in [-0.25, -0.2) is 5.43 Å². The van der Waals surface area contributed by atoms with E-state index in [0.717, 1.165) is 11.1 Å². The number of rotatable bonds is 9. The van der Waals surface area contributed by atoms with E-state index in [4.69, 9.17) is 25.8 Å². The Morgan fingerprint density at radius 2 is 1.74 bits per heavy atom. The first-order chi connectivity index (χ1) is 15.1. The van der Waals surface area contributed by atoms with Gasteiger partial charge in [0.1, 0.15) is 12.4 Å². The lowest BCUT2D eigenvalue weighted by atomic mass is 10.2. The normalized spacial score (nSPS) is 10.7. The maximum Gasteiger partial charge on any atom is 0.271 e. The minimum absolute atomic E-state index is 0.313. The van der Waals surface area contributed by atoms with E-state index in [0.29, 0.717) is 41.0 Å². The topological polar surface area (TPSA) is 69.2 Å². The molecule has 0 aliphatic rings. The third-order valence-electron chi connectivity index (χ3n) is 4.31. The van der Waals surface area contributed by atoms with Crippen molar-refractivity contribution in [3.05, 3.63) is 88.4 Å². The van der Waals surface area contributed by atoms with Gasteiger partial charge in [-0.2, -0.15) is 5.10 Å². The number of ether oxygens (including phenoxy) is 3. The Morgan fingerprint density at radius 1 is 1.00 bits per heavy atom. The van der Waals surface area contributed by atoms with Crippen molar-refractivity contribution in [3.8, 4) is 17.2 Å². The second-order valence-electron chi connectivity index (χ2n) is 6.48. The SMILES string of the molecule is CCOc1cc(C=NNC(=O)c2ccc(OC)cc2)ccc1OCc1ccc(Cl)cc1. The van der Waals surface area contributed by atoms with Crippen LogP contribution in [-0.2, 0) is 6.61 Å². The summed E-state index contributed by atoms with van der Waals surface area (Å²) in [4.78, 5) is 12.2. The molecular weight excluding hydrogens is 416 g/mol. The monoisotopic (exact) mass is 438 g/mol. The van der Waals surface area contributed by atoms with Crippen LogP contribution in [0, 0.1) is 0 Å². The van der Waals surface area contributed by atoms with Crippen LogP contribution in [-0.4, -0.2) is 25.8 Å². The van der Waals surface area contributed by atoms with E-state index >= 15 is 0 Å². The number of methoxy groups -OCH3 is 1. The molecule has 3 rings (SSSR count). The number of benzene rings is 3. The second kappa shape index (κ2) is 11.0. The van der Waals surface area contributed by atoms with Crippen molar-refractivity contribution < 1.29 is 19.0 Å². The maximum atomic E-state index is 12.2. The number of hydrogen-bond donors (Lipinski definition) is 1. The number of carbonyl (C=O) groups excluding carboxylic acids is 1. The number of hydrogen-bond acceptors (Lipinski definition) is 5. The molecule has 6 nitrogen and oxygen atoms in total. The minimum atomic E-state index is -0.313. The molecule has 0 unspecified atom stereocenters. The predicted octanol–water partition coefficient (Wildman–Crippen LogP) is 5.09. The zero-order chi connectivity index (χ0) is 22.1. The van der Waals surface area contributed by atoms with Gasteiger partial charge in [-0.05, 0) is 72.6 Å². The zero-order valence-electron chi connectivity index (χ0n) is 17.3. The zero-order valence-corrected chi connectivity index (χ0v) is 18.1. The Kier molecular flexibility index (Phi) is 7.90. The summed E-state index contributed by atoms with van der Waals surface area (Å²) >= 11 is 5.92. The molecule has 31 heavy (non-hydrogen) atoms. The first-order valence-corrected chi connectivity index (χ1v) is 10.1. The average Bonchev–Trinajstić information content (AvgIpc) is 2.80. The molecular formula is C24H23ClN2O4. The van der Waals surface area contributed by atoms with E-state index in [9.17, 15) is 4.79 Å². The lowest BCUT2D eigenvalue weighted by Crippen LogP contribution is -2.17. The van der Waals surface area contributed by atoms with E-state index in [-0.39, 0.29) is 5.91 Å². The Hall–Kier alpha value is -3.51. The highest BCUT2D eigenvalue weighted by Gasteiger charge is 2.07. The molecule has 1 amide bonds. The van der Waals surface area contributed by atoms with Crippen LogP contribution in [0.1, 0.15) is 28.4 Å². The molecule has 3 aromatic carbocycles. The van der Waals surface area contributed by atoms with Gasteiger partial charge < -0.3 is 14.2 Å². The lowest BCUT2D eigenvalue weighted by Gasteiger charge is -2.12. The van der Waals surface area contributed by atoms with Gasteiger partial charge in [-0.3, -0.25) is 4.79 Å². The molecule has 3 aromatic rings. The van der Waals surface area contributed by atoms with E-state index in [1.807, 2.05) is 49.4 Å². The molecule has 0 aliphatic carbocycles. The molecule has 0 heterocycles. The molecule has 0 spiro atoms.